The Morgan fingerprint density at radius 2 is 1.17 bits per heavy atom. The Labute approximate surface area is 275 Å². The molecule has 0 fully saturated rings. The molecule has 0 radical (unpaired) electrons. The number of rotatable bonds is 7. The Hall–Kier alpha value is -4.83. The van der Waals surface area contributed by atoms with Crippen molar-refractivity contribution in [3.8, 4) is 11.5 Å². The van der Waals surface area contributed by atoms with Crippen LogP contribution in [0.1, 0.15) is 75.1 Å². The summed E-state index contributed by atoms with van der Waals surface area (Å²) in [6.07, 6.45) is 6.18. The topological polar surface area (TPSA) is 28.6 Å². The van der Waals surface area contributed by atoms with Gasteiger partial charge in [0.2, 0.25) is 0 Å². The Balaban J connectivity index is 1.53. The van der Waals surface area contributed by atoms with Crippen LogP contribution >= 0.6 is 0 Å². The predicted molar refractivity (Wildman–Crippen MR) is 191 cm³/mol. The van der Waals surface area contributed by atoms with E-state index >= 15 is 0 Å². The molecule has 234 valence electrons. The average Bonchev–Trinajstić information content (AvgIpc) is 3.48. The van der Waals surface area contributed by atoms with Crippen LogP contribution in [0.3, 0.4) is 0 Å². The molecule has 6 rings (SSSR count). The summed E-state index contributed by atoms with van der Waals surface area (Å²) < 4.78 is 6.78. The molecule has 1 aromatic heterocycles. The molecule has 4 aromatic carbocycles. The van der Waals surface area contributed by atoms with Gasteiger partial charge >= 0.3 is 0 Å². The molecule has 0 saturated heterocycles. The Morgan fingerprint density at radius 1 is 0.565 bits per heavy atom. The number of ether oxygens (including phenoxy) is 1. The highest BCUT2D eigenvalue weighted by Crippen LogP contribution is 2.46. The number of hydrogen-bond donors (Lipinski definition) is 0. The third kappa shape index (κ3) is 6.17. The Morgan fingerprint density at radius 3 is 1.76 bits per heavy atom. The van der Waals surface area contributed by atoms with Crippen LogP contribution in [0.2, 0.25) is 0 Å². The van der Waals surface area contributed by atoms with Crippen molar-refractivity contribution in [3.63, 3.8) is 0 Å². The second-order valence-electron chi connectivity index (χ2n) is 14.4. The smallest absolute Gasteiger partial charge is 0.129 e. The minimum atomic E-state index is -0.674. The van der Waals surface area contributed by atoms with Gasteiger partial charge in [-0.1, -0.05) is 114 Å². The normalized spacial score (nSPS) is 13.7. The van der Waals surface area contributed by atoms with Crippen molar-refractivity contribution in [1.82, 2.24) is 9.88 Å². The summed E-state index contributed by atoms with van der Waals surface area (Å²) in [6.45, 7) is 14.3. The molecule has 0 amide bonds. The van der Waals surface area contributed by atoms with E-state index in [0.29, 0.717) is 0 Å². The highest BCUT2D eigenvalue weighted by molar-refractivity contribution is 5.61. The van der Waals surface area contributed by atoms with Crippen molar-refractivity contribution in [3.05, 3.63) is 167 Å². The summed E-state index contributed by atoms with van der Waals surface area (Å²) in [5.41, 5.74) is 7.23. The van der Waals surface area contributed by atoms with Crippen LogP contribution in [-0.4, -0.2) is 23.6 Å². The first kappa shape index (κ1) is 31.2. The highest BCUT2D eigenvalue weighted by Gasteiger charge is 2.40. The molecule has 4 heteroatoms. The van der Waals surface area contributed by atoms with E-state index < -0.39 is 5.41 Å². The number of hydrogen-bond acceptors (Lipinski definition) is 4. The van der Waals surface area contributed by atoms with Crippen LogP contribution in [-0.2, 0) is 16.2 Å². The lowest BCUT2D eigenvalue weighted by Crippen LogP contribution is -2.32. The van der Waals surface area contributed by atoms with E-state index in [-0.39, 0.29) is 10.8 Å². The average molecular weight is 608 g/mol. The SMILES string of the molecule is CN1C=CN(c2cc(Oc3cccc(C(c4ccccc4)(c4ccccc4)c4cc(C(C)(C)C)ccn4)c3)cc(C(C)(C)C)c2)C1. The van der Waals surface area contributed by atoms with Crippen LogP contribution in [0.15, 0.2) is 134 Å². The fourth-order valence-electron chi connectivity index (χ4n) is 6.29. The zero-order valence-electron chi connectivity index (χ0n) is 28.2. The van der Waals surface area contributed by atoms with Crippen molar-refractivity contribution < 1.29 is 4.74 Å². The molecule has 0 saturated carbocycles. The van der Waals surface area contributed by atoms with Gasteiger partial charge in [0.1, 0.15) is 11.5 Å². The molecule has 46 heavy (non-hydrogen) atoms. The van der Waals surface area contributed by atoms with Gasteiger partial charge in [-0.3, -0.25) is 4.98 Å². The van der Waals surface area contributed by atoms with Gasteiger partial charge in [0.15, 0.2) is 0 Å². The lowest BCUT2D eigenvalue weighted by Gasteiger charge is -2.36. The number of aromatic nitrogens is 1. The first-order chi connectivity index (χ1) is 21.9. The van der Waals surface area contributed by atoms with Gasteiger partial charge in [0.25, 0.3) is 0 Å². The predicted octanol–water partition coefficient (Wildman–Crippen LogP) is 10.0. The van der Waals surface area contributed by atoms with Crippen molar-refractivity contribution in [2.75, 3.05) is 18.6 Å². The third-order valence-electron chi connectivity index (χ3n) is 8.89. The van der Waals surface area contributed by atoms with Gasteiger partial charge in [-0.15, -0.1) is 0 Å². The largest absolute Gasteiger partial charge is 0.457 e. The van der Waals surface area contributed by atoms with Crippen molar-refractivity contribution in [2.24, 2.45) is 0 Å². The van der Waals surface area contributed by atoms with Crippen molar-refractivity contribution >= 4 is 5.69 Å². The standard InChI is InChI=1S/C42H45N3O/c1-40(2,3)33-21-22-43-39(28-33)42(31-15-10-8-11-16-31,32-17-12-9-13-18-32)34-19-14-20-37(26-34)46-38-27-35(41(4,5)6)25-36(29-38)45-24-23-44(7)30-45/h8-29H,30H2,1-7H3. The number of benzene rings is 4. The molecular formula is C42H45N3O. The van der Waals surface area contributed by atoms with Crippen molar-refractivity contribution in [1.29, 1.82) is 0 Å². The minimum Gasteiger partial charge on any atom is -0.457 e. The van der Waals surface area contributed by atoms with Crippen LogP contribution in [0.5, 0.6) is 11.5 Å². The molecule has 1 aliphatic heterocycles. The number of nitrogens with zero attached hydrogens (tertiary/aromatic N) is 3. The fraction of sp³-hybridized carbons (Fsp3) is 0.262. The van der Waals surface area contributed by atoms with Gasteiger partial charge in [-0.25, -0.2) is 0 Å². The van der Waals surface area contributed by atoms with E-state index in [1.54, 1.807) is 0 Å². The lowest BCUT2D eigenvalue weighted by molar-refractivity contribution is 0.475. The molecule has 0 spiro atoms. The quantitative estimate of drug-likeness (QED) is 0.172. The first-order valence-electron chi connectivity index (χ1n) is 16.1. The monoisotopic (exact) mass is 607 g/mol. The fourth-order valence-corrected chi connectivity index (χ4v) is 6.29. The summed E-state index contributed by atoms with van der Waals surface area (Å²) in [4.78, 5) is 9.53. The third-order valence-corrected chi connectivity index (χ3v) is 8.89. The minimum absolute atomic E-state index is 0.0309. The van der Waals surface area contributed by atoms with Crippen LogP contribution in [0.25, 0.3) is 0 Å². The summed E-state index contributed by atoms with van der Waals surface area (Å²) in [5.74, 6) is 1.60. The van der Waals surface area contributed by atoms with Gasteiger partial charge in [-0.05, 0) is 75.0 Å². The summed E-state index contributed by atoms with van der Waals surface area (Å²) in [7, 11) is 2.09. The second-order valence-corrected chi connectivity index (χ2v) is 14.4. The van der Waals surface area contributed by atoms with Gasteiger partial charge in [0, 0.05) is 37.4 Å². The summed E-state index contributed by atoms with van der Waals surface area (Å²) in [6, 6.07) is 41.0. The van der Waals surface area contributed by atoms with E-state index in [0.717, 1.165) is 46.2 Å². The van der Waals surface area contributed by atoms with Gasteiger partial charge in [-0.2, -0.15) is 0 Å². The number of pyridine rings is 1. The molecule has 0 N–H and O–H groups in total. The number of anilines is 1. The Bertz CT molecular complexity index is 1790. The van der Waals surface area contributed by atoms with Crippen molar-refractivity contribution in [2.45, 2.75) is 57.8 Å². The molecule has 1 aliphatic rings. The van der Waals surface area contributed by atoms with E-state index in [4.69, 9.17) is 9.72 Å². The molecule has 2 heterocycles. The first-order valence-corrected chi connectivity index (χ1v) is 16.1. The van der Waals surface area contributed by atoms with Gasteiger partial charge < -0.3 is 14.5 Å². The molecule has 0 bridgehead atoms. The lowest BCUT2D eigenvalue weighted by atomic mass is 9.66. The highest BCUT2D eigenvalue weighted by atomic mass is 16.5. The zero-order chi connectivity index (χ0) is 32.5. The maximum absolute atomic E-state index is 6.78. The van der Waals surface area contributed by atoms with E-state index in [2.05, 4.69) is 186 Å². The van der Waals surface area contributed by atoms with Gasteiger partial charge in [0.05, 0.1) is 17.8 Å². The van der Waals surface area contributed by atoms with Crippen LogP contribution < -0.4 is 9.64 Å². The van der Waals surface area contributed by atoms with Crippen LogP contribution in [0, 0.1) is 0 Å². The van der Waals surface area contributed by atoms with E-state index in [1.807, 2.05) is 6.20 Å². The molecule has 4 nitrogen and oxygen atoms in total. The molecule has 5 aromatic rings. The molecular weight excluding hydrogens is 562 g/mol. The molecule has 0 unspecified atom stereocenters. The van der Waals surface area contributed by atoms with E-state index in [9.17, 15) is 0 Å². The maximum atomic E-state index is 6.78. The zero-order valence-corrected chi connectivity index (χ0v) is 28.2. The maximum Gasteiger partial charge on any atom is 0.129 e. The summed E-state index contributed by atoms with van der Waals surface area (Å²) in [5, 5.41) is 0. The van der Waals surface area contributed by atoms with E-state index in [1.165, 1.54) is 11.1 Å². The summed E-state index contributed by atoms with van der Waals surface area (Å²) >= 11 is 0. The molecule has 0 atom stereocenters. The Kier molecular flexibility index (Phi) is 8.24. The second kappa shape index (κ2) is 12.2. The molecule has 0 aliphatic carbocycles. The van der Waals surface area contributed by atoms with Crippen LogP contribution in [0.4, 0.5) is 5.69 Å².